The van der Waals surface area contributed by atoms with Gasteiger partial charge in [0.15, 0.2) is 0 Å². The van der Waals surface area contributed by atoms with Crippen molar-refractivity contribution in [2.24, 2.45) is 0 Å². The maximum Gasteiger partial charge on any atom is 0.330 e. The van der Waals surface area contributed by atoms with E-state index in [2.05, 4.69) is 43.7 Å². The molecule has 132 valence electrons. The van der Waals surface area contributed by atoms with Gasteiger partial charge in [0.25, 0.3) is 0 Å². The van der Waals surface area contributed by atoms with Crippen LogP contribution in [0.15, 0.2) is 60.9 Å². The monoisotopic (exact) mass is 519 g/mol. The Morgan fingerprint density at radius 2 is 1.20 bits per heavy atom. The Labute approximate surface area is 159 Å². The van der Waals surface area contributed by atoms with Gasteiger partial charge in [0.05, 0.1) is 25.3 Å². The van der Waals surface area contributed by atoms with Crippen molar-refractivity contribution in [1.29, 1.82) is 0 Å². The largest absolute Gasteiger partial charge is 0.466 e. The van der Waals surface area contributed by atoms with Crippen LogP contribution in [0.25, 0.3) is 21.8 Å². The molecule has 1 aromatic carbocycles. The molecule has 0 fully saturated rings. The number of hydrogen-bond acceptors (Lipinski definition) is 6. The van der Waals surface area contributed by atoms with Crippen molar-refractivity contribution in [1.82, 2.24) is 9.97 Å². The predicted octanol–water partition coefficient (Wildman–Crippen LogP) is 2.67. The molecule has 0 unspecified atom stereocenters. The first-order chi connectivity index (χ1) is 11.7. The third-order valence-electron chi connectivity index (χ3n) is 3.10. The molecule has 25 heavy (non-hydrogen) atoms. The number of nitrogens with zero attached hydrogens (tertiary/aromatic N) is 2. The van der Waals surface area contributed by atoms with Crippen LogP contribution >= 0.6 is 0 Å². The number of aromatic nitrogens is 2. The van der Waals surface area contributed by atoms with Crippen LogP contribution in [0.3, 0.4) is 0 Å². The van der Waals surface area contributed by atoms with Gasteiger partial charge >= 0.3 is 11.9 Å². The van der Waals surface area contributed by atoms with Crippen LogP contribution in [-0.4, -0.2) is 36.1 Å². The van der Waals surface area contributed by atoms with E-state index in [1.54, 1.807) is 12.4 Å². The molecule has 0 saturated heterocycles. The summed E-state index contributed by atoms with van der Waals surface area (Å²) < 4.78 is 8.42. The van der Waals surface area contributed by atoms with Crippen molar-refractivity contribution in [2.45, 2.75) is 0 Å². The van der Waals surface area contributed by atoms with Crippen LogP contribution in [0, 0.1) is 0 Å². The zero-order valence-electron chi connectivity index (χ0n) is 13.6. The van der Waals surface area contributed by atoms with Gasteiger partial charge in [0, 0.05) is 56.4 Å². The van der Waals surface area contributed by atoms with Crippen molar-refractivity contribution in [3.63, 3.8) is 0 Å². The van der Waals surface area contributed by atoms with Gasteiger partial charge in [0.2, 0.25) is 0 Å². The Kier molecular flexibility index (Phi) is 8.43. The summed E-state index contributed by atoms with van der Waals surface area (Å²) in [6, 6.07) is 12.1. The Balaban J connectivity index is 0.000000257. The van der Waals surface area contributed by atoms with E-state index in [4.69, 9.17) is 0 Å². The second-order valence-electron chi connectivity index (χ2n) is 4.60. The summed E-state index contributed by atoms with van der Waals surface area (Å²) in [4.78, 5) is 29.3. The minimum atomic E-state index is -0.578. The number of fused-ring (bicyclic) bond motifs is 3. The van der Waals surface area contributed by atoms with Crippen molar-refractivity contribution in [3.8, 4) is 0 Å². The van der Waals surface area contributed by atoms with Gasteiger partial charge in [-0.05, 0) is 12.1 Å². The number of ether oxygens (including phenoxy) is 2. The second kappa shape index (κ2) is 10.3. The van der Waals surface area contributed by atoms with Crippen molar-refractivity contribution >= 4 is 33.7 Å². The molecule has 0 atom stereocenters. The zero-order valence-corrected chi connectivity index (χ0v) is 15.9. The Morgan fingerprint density at radius 1 is 0.800 bits per heavy atom. The average Bonchev–Trinajstić information content (AvgIpc) is 2.66. The third-order valence-corrected chi connectivity index (χ3v) is 3.10. The Hall–Kier alpha value is -2.59. The van der Waals surface area contributed by atoms with E-state index in [1.165, 1.54) is 14.2 Å². The summed E-state index contributed by atoms with van der Waals surface area (Å²) in [5, 5.41) is 2.28. The molecule has 2 heterocycles. The summed E-state index contributed by atoms with van der Waals surface area (Å²) in [6.07, 6.45) is 5.59. The maximum atomic E-state index is 10.3. The van der Waals surface area contributed by atoms with E-state index in [0.717, 1.165) is 34.0 Å². The average molecular weight is 519 g/mol. The van der Waals surface area contributed by atoms with Crippen LogP contribution in [0.5, 0.6) is 0 Å². The van der Waals surface area contributed by atoms with E-state index in [-0.39, 0.29) is 21.1 Å². The van der Waals surface area contributed by atoms with E-state index in [1.807, 2.05) is 12.1 Å². The topological polar surface area (TPSA) is 78.4 Å². The normalized spacial score (nSPS) is 9.84. The number of carbonyl (C=O) groups is 2. The molecule has 0 amide bonds. The quantitative estimate of drug-likeness (QED) is 0.295. The second-order valence-corrected chi connectivity index (χ2v) is 4.60. The Morgan fingerprint density at radius 3 is 1.56 bits per heavy atom. The van der Waals surface area contributed by atoms with Gasteiger partial charge in [0.1, 0.15) is 0 Å². The molecule has 7 heteroatoms. The van der Waals surface area contributed by atoms with Gasteiger partial charge in [-0.2, -0.15) is 0 Å². The molecule has 6 nitrogen and oxygen atoms in total. The SMILES string of the molecule is COC(=O)C=CC(=O)OC.[Pt].c1cnc2c(c1)ccc1cccnc12. The van der Waals surface area contributed by atoms with Gasteiger partial charge < -0.3 is 9.47 Å². The molecule has 0 aliphatic carbocycles. The minimum Gasteiger partial charge on any atom is -0.466 e. The van der Waals surface area contributed by atoms with E-state index in [9.17, 15) is 9.59 Å². The molecule has 0 saturated carbocycles. The summed E-state index contributed by atoms with van der Waals surface area (Å²) in [7, 11) is 2.45. The van der Waals surface area contributed by atoms with Crippen molar-refractivity contribution in [3.05, 3.63) is 60.9 Å². The molecular weight excluding hydrogens is 503 g/mol. The van der Waals surface area contributed by atoms with E-state index >= 15 is 0 Å². The predicted molar refractivity (Wildman–Crippen MR) is 90.2 cm³/mol. The molecular formula is C18H16N2O4Pt. The number of esters is 2. The number of rotatable bonds is 2. The standard InChI is InChI=1S/C12H8N2.C6H8O4.Pt/c1-3-9-5-6-10-4-2-8-14-12(10)11(9)13-7-1;1-9-5(7)3-4-6(8)10-2;/h1-8H;3-4H,1-2H3;. The number of methoxy groups -OCH3 is 2. The molecule has 0 aliphatic heterocycles. The molecule has 0 bridgehead atoms. The van der Waals surface area contributed by atoms with Gasteiger partial charge in [-0.15, -0.1) is 0 Å². The number of pyridine rings is 2. The van der Waals surface area contributed by atoms with E-state index < -0.39 is 11.9 Å². The van der Waals surface area contributed by atoms with Gasteiger partial charge in [-0.3, -0.25) is 9.97 Å². The molecule has 0 spiro atoms. The number of benzene rings is 1. The van der Waals surface area contributed by atoms with Crippen molar-refractivity contribution < 1.29 is 40.1 Å². The fourth-order valence-electron chi connectivity index (χ4n) is 1.95. The molecule has 0 N–H and O–H groups in total. The van der Waals surface area contributed by atoms with Crippen LogP contribution in [0.1, 0.15) is 0 Å². The number of hydrogen-bond donors (Lipinski definition) is 0. The maximum absolute atomic E-state index is 10.3. The van der Waals surface area contributed by atoms with Crippen LogP contribution in [0.2, 0.25) is 0 Å². The first-order valence-corrected chi connectivity index (χ1v) is 7.08. The molecule has 0 radical (unpaired) electrons. The fraction of sp³-hybridized carbons (Fsp3) is 0.111. The summed E-state index contributed by atoms with van der Waals surface area (Å²) in [5.41, 5.74) is 1.95. The van der Waals surface area contributed by atoms with E-state index in [0.29, 0.717) is 0 Å². The Bertz CT molecular complexity index is 824. The minimum absolute atomic E-state index is 0. The van der Waals surface area contributed by atoms with Crippen molar-refractivity contribution in [2.75, 3.05) is 14.2 Å². The summed E-state index contributed by atoms with van der Waals surface area (Å²) in [5.74, 6) is -1.16. The summed E-state index contributed by atoms with van der Waals surface area (Å²) >= 11 is 0. The third kappa shape index (κ3) is 5.76. The van der Waals surface area contributed by atoms with Crippen LogP contribution in [-0.2, 0) is 40.1 Å². The first-order valence-electron chi connectivity index (χ1n) is 7.08. The van der Waals surface area contributed by atoms with Gasteiger partial charge in [-0.1, -0.05) is 24.3 Å². The molecule has 2 aromatic heterocycles. The number of carbonyl (C=O) groups excluding carboxylic acids is 2. The fourth-order valence-corrected chi connectivity index (χ4v) is 1.95. The zero-order chi connectivity index (χ0) is 17.4. The van der Waals surface area contributed by atoms with Crippen LogP contribution < -0.4 is 0 Å². The molecule has 0 aliphatic rings. The van der Waals surface area contributed by atoms with Gasteiger partial charge in [-0.25, -0.2) is 9.59 Å². The summed E-state index contributed by atoms with van der Waals surface area (Å²) in [6.45, 7) is 0. The smallest absolute Gasteiger partial charge is 0.330 e. The molecule has 3 rings (SSSR count). The van der Waals surface area contributed by atoms with Crippen LogP contribution in [0.4, 0.5) is 0 Å². The molecule has 3 aromatic rings. The first kappa shape index (κ1) is 20.5.